The highest BCUT2D eigenvalue weighted by Crippen LogP contribution is 2.02. The van der Waals surface area contributed by atoms with Crippen molar-refractivity contribution in [3.8, 4) is 6.07 Å². The summed E-state index contributed by atoms with van der Waals surface area (Å²) in [6.45, 7) is 3.63. The second-order valence-electron chi connectivity index (χ2n) is 3.14. The molecule has 0 spiro atoms. The van der Waals surface area contributed by atoms with E-state index in [-0.39, 0.29) is 0 Å². The standard InChI is InChI=1S/C13H19N/c1-2-3-4-5-6-7-8-9-10-11-12-13-14/h2,4-7H,1,3,8-12H2/b5-4+,7-6+. The summed E-state index contributed by atoms with van der Waals surface area (Å²) >= 11 is 0. The first-order valence-corrected chi connectivity index (χ1v) is 5.21. The number of hydrogen-bond donors (Lipinski definition) is 0. The van der Waals surface area contributed by atoms with Gasteiger partial charge in [0.15, 0.2) is 0 Å². The van der Waals surface area contributed by atoms with Crippen molar-refractivity contribution in [3.05, 3.63) is 37.0 Å². The van der Waals surface area contributed by atoms with Crippen molar-refractivity contribution < 1.29 is 0 Å². The van der Waals surface area contributed by atoms with Crippen LogP contribution < -0.4 is 0 Å². The fraction of sp³-hybridized carbons (Fsp3) is 0.462. The molecule has 0 amide bonds. The summed E-state index contributed by atoms with van der Waals surface area (Å²) in [6, 6.07) is 2.15. The minimum Gasteiger partial charge on any atom is -0.198 e. The molecule has 0 aliphatic carbocycles. The van der Waals surface area contributed by atoms with Gasteiger partial charge in [0.25, 0.3) is 0 Å². The van der Waals surface area contributed by atoms with Crippen LogP contribution in [-0.2, 0) is 0 Å². The molecule has 0 aliphatic heterocycles. The van der Waals surface area contributed by atoms with Gasteiger partial charge < -0.3 is 0 Å². The number of hydrogen-bond acceptors (Lipinski definition) is 1. The second kappa shape index (κ2) is 11.7. The molecule has 0 aliphatic rings. The van der Waals surface area contributed by atoms with Crippen LogP contribution in [-0.4, -0.2) is 0 Å². The van der Waals surface area contributed by atoms with Crippen molar-refractivity contribution in [3.63, 3.8) is 0 Å². The van der Waals surface area contributed by atoms with Crippen LogP contribution in [0.4, 0.5) is 0 Å². The zero-order valence-corrected chi connectivity index (χ0v) is 8.78. The van der Waals surface area contributed by atoms with E-state index in [4.69, 9.17) is 5.26 Å². The van der Waals surface area contributed by atoms with Crippen LogP contribution in [0.15, 0.2) is 37.0 Å². The van der Waals surface area contributed by atoms with Crippen molar-refractivity contribution in [1.29, 1.82) is 5.26 Å². The van der Waals surface area contributed by atoms with E-state index in [1.54, 1.807) is 0 Å². The first kappa shape index (κ1) is 12.7. The Morgan fingerprint density at radius 1 is 1.07 bits per heavy atom. The highest BCUT2D eigenvalue weighted by atomic mass is 14.2. The average Bonchev–Trinajstić information content (AvgIpc) is 2.21. The minimum atomic E-state index is 0.697. The van der Waals surface area contributed by atoms with Crippen LogP contribution in [0.25, 0.3) is 0 Å². The molecule has 0 saturated carbocycles. The molecular formula is C13H19N. The molecule has 0 atom stereocenters. The van der Waals surface area contributed by atoms with E-state index in [1.165, 1.54) is 6.42 Å². The summed E-state index contributed by atoms with van der Waals surface area (Å²) in [6.07, 6.45) is 16.4. The molecule has 0 aromatic carbocycles. The molecule has 0 aromatic rings. The molecule has 0 radical (unpaired) electrons. The van der Waals surface area contributed by atoms with Gasteiger partial charge >= 0.3 is 0 Å². The molecule has 0 bridgehead atoms. The van der Waals surface area contributed by atoms with E-state index in [9.17, 15) is 0 Å². The Bertz CT molecular complexity index is 218. The zero-order chi connectivity index (χ0) is 10.5. The maximum absolute atomic E-state index is 8.31. The summed E-state index contributed by atoms with van der Waals surface area (Å²) in [5.41, 5.74) is 0. The number of unbranched alkanes of at least 4 members (excludes halogenated alkanes) is 4. The van der Waals surface area contributed by atoms with E-state index in [0.29, 0.717) is 6.42 Å². The highest BCUT2D eigenvalue weighted by Gasteiger charge is 1.85. The van der Waals surface area contributed by atoms with E-state index in [2.05, 4.69) is 37.0 Å². The third kappa shape index (κ3) is 10.7. The SMILES string of the molecule is C=CC/C=C/C=C/CCCCCC#N. The molecule has 1 nitrogen and oxygen atoms in total. The summed E-state index contributed by atoms with van der Waals surface area (Å²) in [5, 5.41) is 8.31. The van der Waals surface area contributed by atoms with Gasteiger partial charge in [0.05, 0.1) is 6.07 Å². The lowest BCUT2D eigenvalue weighted by molar-refractivity contribution is 0.700. The molecule has 14 heavy (non-hydrogen) atoms. The minimum absolute atomic E-state index is 0.697. The fourth-order valence-electron chi connectivity index (χ4n) is 1.07. The van der Waals surface area contributed by atoms with Gasteiger partial charge in [-0.15, -0.1) is 6.58 Å². The predicted molar refractivity (Wildman–Crippen MR) is 61.8 cm³/mol. The molecule has 0 fully saturated rings. The van der Waals surface area contributed by atoms with Gasteiger partial charge in [0, 0.05) is 6.42 Å². The first-order valence-electron chi connectivity index (χ1n) is 5.21. The summed E-state index contributed by atoms with van der Waals surface area (Å²) in [4.78, 5) is 0. The zero-order valence-electron chi connectivity index (χ0n) is 8.78. The van der Waals surface area contributed by atoms with Crippen LogP contribution in [0.3, 0.4) is 0 Å². The molecule has 1 heteroatoms. The van der Waals surface area contributed by atoms with Crippen molar-refractivity contribution >= 4 is 0 Å². The number of nitrogens with zero attached hydrogens (tertiary/aromatic N) is 1. The summed E-state index contributed by atoms with van der Waals surface area (Å²) in [7, 11) is 0. The summed E-state index contributed by atoms with van der Waals surface area (Å²) in [5.74, 6) is 0. The Morgan fingerprint density at radius 3 is 2.57 bits per heavy atom. The van der Waals surface area contributed by atoms with Crippen LogP contribution in [0.2, 0.25) is 0 Å². The maximum atomic E-state index is 8.31. The topological polar surface area (TPSA) is 23.8 Å². The van der Waals surface area contributed by atoms with Crippen LogP contribution >= 0.6 is 0 Å². The van der Waals surface area contributed by atoms with Crippen molar-refractivity contribution in [1.82, 2.24) is 0 Å². The molecule has 0 heterocycles. The van der Waals surface area contributed by atoms with E-state index >= 15 is 0 Å². The Morgan fingerprint density at radius 2 is 1.86 bits per heavy atom. The van der Waals surface area contributed by atoms with Crippen LogP contribution in [0.1, 0.15) is 38.5 Å². The fourth-order valence-corrected chi connectivity index (χ4v) is 1.07. The smallest absolute Gasteiger partial charge is 0.0621 e. The van der Waals surface area contributed by atoms with E-state index in [0.717, 1.165) is 25.7 Å². The van der Waals surface area contributed by atoms with Gasteiger partial charge in [-0.3, -0.25) is 0 Å². The molecule has 0 aromatic heterocycles. The van der Waals surface area contributed by atoms with Gasteiger partial charge in [-0.05, 0) is 25.7 Å². The molecular weight excluding hydrogens is 170 g/mol. The number of allylic oxidation sites excluding steroid dienone is 5. The van der Waals surface area contributed by atoms with Crippen LogP contribution in [0.5, 0.6) is 0 Å². The maximum Gasteiger partial charge on any atom is 0.0621 e. The lowest BCUT2D eigenvalue weighted by atomic mass is 10.1. The molecule has 0 unspecified atom stereocenters. The Kier molecular flexibility index (Phi) is 10.6. The van der Waals surface area contributed by atoms with E-state index < -0.39 is 0 Å². The first-order chi connectivity index (χ1) is 6.91. The third-order valence-corrected chi connectivity index (χ3v) is 1.85. The molecule has 0 rings (SSSR count). The molecule has 0 N–H and O–H groups in total. The monoisotopic (exact) mass is 189 g/mol. The normalized spacial score (nSPS) is 10.8. The van der Waals surface area contributed by atoms with Gasteiger partial charge in [0.2, 0.25) is 0 Å². The lowest BCUT2D eigenvalue weighted by Crippen LogP contribution is -1.74. The summed E-state index contributed by atoms with van der Waals surface area (Å²) < 4.78 is 0. The van der Waals surface area contributed by atoms with Gasteiger partial charge in [0.1, 0.15) is 0 Å². The highest BCUT2D eigenvalue weighted by molar-refractivity contribution is 5.03. The van der Waals surface area contributed by atoms with Crippen molar-refractivity contribution in [2.75, 3.05) is 0 Å². The largest absolute Gasteiger partial charge is 0.198 e. The van der Waals surface area contributed by atoms with Crippen molar-refractivity contribution in [2.45, 2.75) is 38.5 Å². The average molecular weight is 189 g/mol. The van der Waals surface area contributed by atoms with Gasteiger partial charge in [-0.25, -0.2) is 0 Å². The lowest BCUT2D eigenvalue weighted by Gasteiger charge is -1.91. The van der Waals surface area contributed by atoms with Crippen LogP contribution in [0, 0.1) is 11.3 Å². The number of rotatable bonds is 8. The Balaban J connectivity index is 3.19. The predicted octanol–water partition coefficient (Wildman–Crippen LogP) is 4.15. The Hall–Kier alpha value is -1.29. The van der Waals surface area contributed by atoms with Gasteiger partial charge in [-0.2, -0.15) is 5.26 Å². The Labute approximate surface area is 87.4 Å². The molecule has 0 saturated heterocycles. The number of nitriles is 1. The van der Waals surface area contributed by atoms with Gasteiger partial charge in [-0.1, -0.05) is 36.8 Å². The quantitative estimate of drug-likeness (QED) is 0.319. The second-order valence-corrected chi connectivity index (χ2v) is 3.14. The van der Waals surface area contributed by atoms with Crippen molar-refractivity contribution in [2.24, 2.45) is 0 Å². The van der Waals surface area contributed by atoms with E-state index in [1.807, 2.05) is 6.08 Å². The molecule has 76 valence electrons. The third-order valence-electron chi connectivity index (χ3n) is 1.85.